The minimum absolute atomic E-state index is 0.0718. The van der Waals surface area contributed by atoms with Gasteiger partial charge in [0, 0.05) is 19.6 Å². The molecule has 0 aromatic heterocycles. The van der Waals surface area contributed by atoms with Crippen LogP contribution in [0.25, 0.3) is 0 Å². The summed E-state index contributed by atoms with van der Waals surface area (Å²) in [4.78, 5) is 14.6. The number of nitrogens with zero attached hydrogens (tertiary/aromatic N) is 1. The molecular weight excluding hydrogens is 380 g/mol. The molecule has 8 heteroatoms. The third-order valence-corrected chi connectivity index (χ3v) is 6.59. The summed E-state index contributed by atoms with van der Waals surface area (Å²) in [5.41, 5.74) is 1.56. The summed E-state index contributed by atoms with van der Waals surface area (Å²) in [5.74, 6) is 0.118. The molecule has 2 aliphatic rings. The first kappa shape index (κ1) is 20.8. The van der Waals surface area contributed by atoms with Gasteiger partial charge in [-0.2, -0.15) is 0 Å². The van der Waals surface area contributed by atoms with E-state index < -0.39 is 10.0 Å². The smallest absolute Gasteiger partial charge is 0.257 e. The topological polar surface area (TPSA) is 84.9 Å². The molecule has 0 saturated carbocycles. The highest BCUT2D eigenvalue weighted by atomic mass is 32.2. The Morgan fingerprint density at radius 1 is 1.25 bits per heavy atom. The van der Waals surface area contributed by atoms with Crippen molar-refractivity contribution in [3.05, 3.63) is 35.4 Å². The van der Waals surface area contributed by atoms with Gasteiger partial charge in [0.15, 0.2) is 0 Å². The zero-order valence-corrected chi connectivity index (χ0v) is 17.1. The molecule has 1 amide bonds. The van der Waals surface area contributed by atoms with E-state index in [1.807, 2.05) is 0 Å². The van der Waals surface area contributed by atoms with Crippen LogP contribution in [0.2, 0.25) is 0 Å². The largest absolute Gasteiger partial charge is 0.496 e. The van der Waals surface area contributed by atoms with E-state index >= 15 is 0 Å². The molecule has 1 aromatic rings. The van der Waals surface area contributed by atoms with Crippen molar-refractivity contribution in [3.63, 3.8) is 0 Å². The lowest BCUT2D eigenvalue weighted by Crippen LogP contribution is -2.40. The molecule has 7 nitrogen and oxygen atoms in total. The van der Waals surface area contributed by atoms with Gasteiger partial charge >= 0.3 is 0 Å². The van der Waals surface area contributed by atoms with Gasteiger partial charge in [0.05, 0.1) is 30.8 Å². The molecule has 0 radical (unpaired) electrons. The molecule has 28 heavy (non-hydrogen) atoms. The van der Waals surface area contributed by atoms with E-state index in [1.165, 1.54) is 43.7 Å². The van der Waals surface area contributed by atoms with E-state index in [0.717, 1.165) is 19.3 Å². The lowest BCUT2D eigenvalue weighted by Gasteiger charge is -2.27. The Morgan fingerprint density at radius 2 is 2.04 bits per heavy atom. The van der Waals surface area contributed by atoms with Crippen LogP contribution in [0.15, 0.2) is 34.7 Å². The van der Waals surface area contributed by atoms with Gasteiger partial charge in [-0.1, -0.05) is 11.6 Å². The number of benzene rings is 1. The van der Waals surface area contributed by atoms with Crippen LogP contribution >= 0.6 is 0 Å². The van der Waals surface area contributed by atoms with E-state index in [2.05, 4.69) is 10.8 Å². The average Bonchev–Trinajstić information content (AvgIpc) is 2.74. The highest BCUT2D eigenvalue weighted by molar-refractivity contribution is 7.89. The number of carbonyl (C=O) groups is 1. The Kier molecular flexibility index (Phi) is 7.09. The van der Waals surface area contributed by atoms with Crippen LogP contribution in [0.3, 0.4) is 0 Å². The van der Waals surface area contributed by atoms with Crippen LogP contribution < -0.4 is 9.46 Å². The number of nitrogens with one attached hydrogen (secondary N) is 1. The molecule has 1 aromatic carbocycles. The Balaban J connectivity index is 1.73. The van der Waals surface area contributed by atoms with Crippen LogP contribution in [-0.4, -0.2) is 59.2 Å². The zero-order valence-electron chi connectivity index (χ0n) is 16.3. The third kappa shape index (κ3) is 5.12. The first-order valence-electron chi connectivity index (χ1n) is 9.74. The van der Waals surface area contributed by atoms with Crippen molar-refractivity contribution >= 4 is 15.9 Å². The number of sulfonamides is 1. The normalized spacial score (nSPS) is 17.9. The summed E-state index contributed by atoms with van der Waals surface area (Å²) in [6.07, 6.45) is 7.43. The lowest BCUT2D eigenvalue weighted by molar-refractivity contribution is 0.0300. The third-order valence-electron chi connectivity index (χ3n) is 5.13. The maximum Gasteiger partial charge on any atom is 0.257 e. The number of allylic oxidation sites excluding steroid dienone is 1. The number of rotatable bonds is 7. The van der Waals surface area contributed by atoms with Crippen molar-refractivity contribution < 1.29 is 22.7 Å². The summed E-state index contributed by atoms with van der Waals surface area (Å²) in [7, 11) is -2.23. The average molecular weight is 409 g/mol. The number of hydrogen-bond donors (Lipinski definition) is 1. The molecule has 1 aliphatic carbocycles. The number of ether oxygens (including phenoxy) is 2. The van der Waals surface area contributed by atoms with Gasteiger partial charge in [0.2, 0.25) is 10.0 Å². The summed E-state index contributed by atoms with van der Waals surface area (Å²) >= 11 is 0. The minimum atomic E-state index is -3.70. The van der Waals surface area contributed by atoms with Gasteiger partial charge in [0.1, 0.15) is 5.75 Å². The molecule has 0 atom stereocenters. The Labute approximate surface area is 166 Å². The second-order valence-electron chi connectivity index (χ2n) is 7.02. The zero-order chi connectivity index (χ0) is 20.0. The van der Waals surface area contributed by atoms with Gasteiger partial charge < -0.3 is 14.4 Å². The maximum atomic E-state index is 12.8. The molecule has 3 rings (SSSR count). The minimum Gasteiger partial charge on any atom is -0.496 e. The predicted octanol–water partition coefficient (Wildman–Crippen LogP) is 2.34. The number of carbonyl (C=O) groups excluding carboxylic acids is 1. The molecule has 0 bridgehead atoms. The number of hydrogen-bond acceptors (Lipinski definition) is 5. The Bertz CT molecular complexity index is 829. The van der Waals surface area contributed by atoms with Gasteiger partial charge in [-0.05, 0) is 50.3 Å². The van der Waals surface area contributed by atoms with E-state index in [0.29, 0.717) is 38.6 Å². The van der Waals surface area contributed by atoms with Crippen LogP contribution in [0.1, 0.15) is 42.5 Å². The SMILES string of the molecule is COc1ccc(S(=O)(=O)NCCC2=CCCCC2)cc1C(=O)N1CCOCC1. The van der Waals surface area contributed by atoms with Crippen LogP contribution in [0.5, 0.6) is 5.75 Å². The molecule has 1 saturated heterocycles. The molecule has 0 spiro atoms. The van der Waals surface area contributed by atoms with Crippen molar-refractivity contribution in [1.29, 1.82) is 0 Å². The fourth-order valence-electron chi connectivity index (χ4n) is 3.52. The second kappa shape index (κ2) is 9.54. The Morgan fingerprint density at radius 3 is 2.71 bits per heavy atom. The van der Waals surface area contributed by atoms with Gasteiger partial charge in [-0.15, -0.1) is 0 Å². The van der Waals surface area contributed by atoms with Gasteiger partial charge in [-0.25, -0.2) is 13.1 Å². The van der Waals surface area contributed by atoms with Gasteiger partial charge in [-0.3, -0.25) is 4.79 Å². The van der Waals surface area contributed by atoms with Crippen molar-refractivity contribution in [3.8, 4) is 5.75 Å². The van der Waals surface area contributed by atoms with Gasteiger partial charge in [0.25, 0.3) is 5.91 Å². The molecule has 1 heterocycles. The first-order valence-corrected chi connectivity index (χ1v) is 11.2. The number of methoxy groups -OCH3 is 1. The highest BCUT2D eigenvalue weighted by Gasteiger charge is 2.24. The van der Waals surface area contributed by atoms with Crippen LogP contribution in [0.4, 0.5) is 0 Å². The van der Waals surface area contributed by atoms with Crippen molar-refractivity contribution in [1.82, 2.24) is 9.62 Å². The maximum absolute atomic E-state index is 12.8. The molecule has 1 N–H and O–H groups in total. The fourth-order valence-corrected chi connectivity index (χ4v) is 4.58. The van der Waals surface area contributed by atoms with E-state index in [1.54, 1.807) is 4.90 Å². The number of amides is 1. The second-order valence-corrected chi connectivity index (χ2v) is 8.79. The lowest BCUT2D eigenvalue weighted by atomic mass is 9.97. The molecule has 1 fully saturated rings. The van der Waals surface area contributed by atoms with Crippen LogP contribution in [0, 0.1) is 0 Å². The van der Waals surface area contributed by atoms with Crippen molar-refractivity contribution in [2.24, 2.45) is 0 Å². The number of morpholine rings is 1. The Hall–Kier alpha value is -1.90. The van der Waals surface area contributed by atoms with E-state index in [9.17, 15) is 13.2 Å². The van der Waals surface area contributed by atoms with Crippen LogP contribution in [-0.2, 0) is 14.8 Å². The van der Waals surface area contributed by atoms with E-state index in [-0.39, 0.29) is 16.4 Å². The monoisotopic (exact) mass is 408 g/mol. The molecule has 1 aliphatic heterocycles. The summed E-state index contributed by atoms with van der Waals surface area (Å²) < 4.78 is 38.6. The summed E-state index contributed by atoms with van der Waals surface area (Å²) in [5, 5.41) is 0. The predicted molar refractivity (Wildman–Crippen MR) is 106 cm³/mol. The standard InChI is InChI=1S/C20H28N2O5S/c1-26-19-8-7-17(15-18(19)20(23)22-11-13-27-14-12-22)28(24,25)21-10-9-16-5-3-2-4-6-16/h5,7-8,15,21H,2-4,6,9-14H2,1H3. The first-order chi connectivity index (χ1) is 13.5. The fraction of sp³-hybridized carbons (Fsp3) is 0.550. The summed E-state index contributed by atoms with van der Waals surface area (Å²) in [6, 6.07) is 4.40. The quantitative estimate of drug-likeness (QED) is 0.700. The summed E-state index contributed by atoms with van der Waals surface area (Å²) in [6.45, 7) is 2.26. The molecular formula is C20H28N2O5S. The molecule has 154 valence electrons. The van der Waals surface area contributed by atoms with Crippen molar-refractivity contribution in [2.75, 3.05) is 40.0 Å². The molecule has 0 unspecified atom stereocenters. The highest BCUT2D eigenvalue weighted by Crippen LogP contribution is 2.25. The van der Waals surface area contributed by atoms with E-state index in [4.69, 9.17) is 9.47 Å². The van der Waals surface area contributed by atoms with Crippen molar-refractivity contribution in [2.45, 2.75) is 37.0 Å².